The molecular weight excluding hydrogens is 280 g/mol. The number of benzene rings is 2. The number of amides is 1. The van der Waals surface area contributed by atoms with E-state index in [1.807, 2.05) is 48.5 Å². The van der Waals surface area contributed by atoms with Gasteiger partial charge in [0.2, 0.25) is 5.91 Å². The molecule has 0 radical (unpaired) electrons. The lowest BCUT2D eigenvalue weighted by molar-refractivity contribution is -0.120. The van der Waals surface area contributed by atoms with Gasteiger partial charge in [-0.2, -0.15) is 5.10 Å². The van der Waals surface area contributed by atoms with Gasteiger partial charge < -0.3 is 9.47 Å². The van der Waals surface area contributed by atoms with Crippen LogP contribution in [0.1, 0.15) is 11.1 Å². The number of methoxy groups -OCH3 is 2. The summed E-state index contributed by atoms with van der Waals surface area (Å²) in [6.45, 7) is 0. The van der Waals surface area contributed by atoms with Gasteiger partial charge in [0.15, 0.2) is 0 Å². The second kappa shape index (κ2) is 7.83. The van der Waals surface area contributed by atoms with Crippen molar-refractivity contribution in [2.75, 3.05) is 14.2 Å². The lowest BCUT2D eigenvalue weighted by Crippen LogP contribution is -2.19. The monoisotopic (exact) mass is 298 g/mol. The maximum absolute atomic E-state index is 11.8. The summed E-state index contributed by atoms with van der Waals surface area (Å²) < 4.78 is 10.3. The summed E-state index contributed by atoms with van der Waals surface area (Å²) >= 11 is 0. The Balaban J connectivity index is 1.90. The summed E-state index contributed by atoms with van der Waals surface area (Å²) in [4.78, 5) is 11.8. The summed E-state index contributed by atoms with van der Waals surface area (Å²) in [5.41, 5.74) is 4.20. The van der Waals surface area contributed by atoms with Crippen molar-refractivity contribution in [3.05, 3.63) is 59.7 Å². The molecule has 5 heteroatoms. The van der Waals surface area contributed by atoms with E-state index in [9.17, 15) is 4.79 Å². The molecule has 5 nitrogen and oxygen atoms in total. The van der Waals surface area contributed by atoms with Gasteiger partial charge in [0.25, 0.3) is 0 Å². The third kappa shape index (κ3) is 4.34. The highest BCUT2D eigenvalue weighted by molar-refractivity contribution is 5.85. The number of ether oxygens (including phenoxy) is 2. The molecule has 0 spiro atoms. The Labute approximate surface area is 129 Å². The third-order valence-corrected chi connectivity index (χ3v) is 3.06. The number of carbonyl (C=O) groups is 1. The zero-order chi connectivity index (χ0) is 15.8. The molecule has 0 bridgehead atoms. The summed E-state index contributed by atoms with van der Waals surface area (Å²) in [5, 5.41) is 3.95. The van der Waals surface area contributed by atoms with Crippen molar-refractivity contribution >= 4 is 12.1 Å². The fourth-order valence-electron chi connectivity index (χ4n) is 1.92. The molecule has 0 aliphatic rings. The minimum atomic E-state index is -0.184. The molecule has 22 heavy (non-hydrogen) atoms. The van der Waals surface area contributed by atoms with Crippen molar-refractivity contribution < 1.29 is 14.3 Å². The predicted octanol–water partition coefficient (Wildman–Crippen LogP) is 2.40. The van der Waals surface area contributed by atoms with Crippen LogP contribution in [0.2, 0.25) is 0 Å². The van der Waals surface area contributed by atoms with Gasteiger partial charge in [0.05, 0.1) is 26.9 Å². The van der Waals surface area contributed by atoms with E-state index in [4.69, 9.17) is 9.47 Å². The highest BCUT2D eigenvalue weighted by atomic mass is 16.5. The second-order valence-electron chi connectivity index (χ2n) is 4.56. The van der Waals surface area contributed by atoms with Gasteiger partial charge in [0, 0.05) is 5.56 Å². The normalized spacial score (nSPS) is 10.5. The van der Waals surface area contributed by atoms with Gasteiger partial charge in [-0.25, -0.2) is 5.43 Å². The Morgan fingerprint density at radius 2 is 1.82 bits per heavy atom. The van der Waals surface area contributed by atoms with Crippen molar-refractivity contribution in [2.45, 2.75) is 6.42 Å². The first-order chi connectivity index (χ1) is 10.7. The summed E-state index contributed by atoms with van der Waals surface area (Å²) in [5.74, 6) is 1.28. The van der Waals surface area contributed by atoms with Crippen molar-refractivity contribution in [1.29, 1.82) is 0 Å². The maximum Gasteiger partial charge on any atom is 0.244 e. The molecule has 0 aliphatic heterocycles. The standard InChI is InChI=1S/C17H18N2O3/c1-21-15-9-7-13(8-10-15)11-17(20)19-18-12-14-5-3-4-6-16(14)22-2/h3-10,12H,11H2,1-2H3,(H,19,20). The number of rotatable bonds is 6. The highest BCUT2D eigenvalue weighted by Gasteiger charge is 2.03. The van der Waals surface area contributed by atoms with Gasteiger partial charge in [-0.1, -0.05) is 24.3 Å². The number of hydrazone groups is 1. The van der Waals surface area contributed by atoms with E-state index < -0.39 is 0 Å². The van der Waals surface area contributed by atoms with Crippen LogP contribution in [-0.4, -0.2) is 26.3 Å². The minimum absolute atomic E-state index is 0.184. The van der Waals surface area contributed by atoms with Crippen LogP contribution in [0, 0.1) is 0 Å². The summed E-state index contributed by atoms with van der Waals surface area (Å²) in [6, 6.07) is 14.8. The number of carbonyl (C=O) groups excluding carboxylic acids is 1. The van der Waals surface area contributed by atoms with Crippen molar-refractivity contribution in [3.8, 4) is 11.5 Å². The van der Waals surface area contributed by atoms with Gasteiger partial charge in [-0.05, 0) is 29.8 Å². The average molecular weight is 298 g/mol. The zero-order valence-electron chi connectivity index (χ0n) is 12.6. The first kappa shape index (κ1) is 15.6. The molecule has 2 aromatic rings. The number of para-hydroxylation sites is 1. The third-order valence-electron chi connectivity index (χ3n) is 3.06. The molecule has 0 fully saturated rings. The van der Waals surface area contributed by atoms with Crippen LogP contribution in [0.4, 0.5) is 0 Å². The SMILES string of the molecule is COc1ccc(CC(=O)NN=Cc2ccccc2OC)cc1. The smallest absolute Gasteiger partial charge is 0.244 e. The quantitative estimate of drug-likeness (QED) is 0.658. The van der Waals surface area contributed by atoms with E-state index in [-0.39, 0.29) is 12.3 Å². The van der Waals surface area contributed by atoms with Crippen LogP contribution in [-0.2, 0) is 11.2 Å². The molecule has 0 unspecified atom stereocenters. The molecule has 1 amide bonds. The van der Waals surface area contributed by atoms with Crippen LogP contribution in [0.3, 0.4) is 0 Å². The van der Waals surface area contributed by atoms with Crippen molar-refractivity contribution in [2.24, 2.45) is 5.10 Å². The van der Waals surface area contributed by atoms with E-state index >= 15 is 0 Å². The molecule has 0 aliphatic carbocycles. The molecule has 2 aromatic carbocycles. The molecule has 1 N–H and O–H groups in total. The van der Waals surface area contributed by atoms with Crippen LogP contribution in [0.5, 0.6) is 11.5 Å². The van der Waals surface area contributed by atoms with Crippen molar-refractivity contribution in [1.82, 2.24) is 5.43 Å². The summed E-state index contributed by atoms with van der Waals surface area (Å²) in [6.07, 6.45) is 1.82. The van der Waals surface area contributed by atoms with E-state index in [0.717, 1.165) is 16.9 Å². The fourth-order valence-corrected chi connectivity index (χ4v) is 1.92. The Bertz CT molecular complexity index is 651. The van der Waals surface area contributed by atoms with Gasteiger partial charge in [0.1, 0.15) is 11.5 Å². The topological polar surface area (TPSA) is 59.9 Å². The first-order valence-electron chi connectivity index (χ1n) is 6.81. The summed E-state index contributed by atoms with van der Waals surface area (Å²) in [7, 11) is 3.20. The van der Waals surface area contributed by atoms with Crippen LogP contribution in [0.25, 0.3) is 0 Å². The van der Waals surface area contributed by atoms with Crippen LogP contribution < -0.4 is 14.9 Å². The number of nitrogens with one attached hydrogen (secondary N) is 1. The van der Waals surface area contributed by atoms with Crippen molar-refractivity contribution in [3.63, 3.8) is 0 Å². The largest absolute Gasteiger partial charge is 0.497 e. The molecule has 0 saturated carbocycles. The number of hydrogen-bond donors (Lipinski definition) is 1. The number of hydrogen-bond acceptors (Lipinski definition) is 4. The molecule has 0 atom stereocenters. The Hall–Kier alpha value is -2.82. The lowest BCUT2D eigenvalue weighted by Gasteiger charge is -2.04. The lowest BCUT2D eigenvalue weighted by atomic mass is 10.1. The second-order valence-corrected chi connectivity index (χ2v) is 4.56. The maximum atomic E-state index is 11.8. The fraction of sp³-hybridized carbons (Fsp3) is 0.176. The van der Waals surface area contributed by atoms with Crippen LogP contribution in [0.15, 0.2) is 53.6 Å². The van der Waals surface area contributed by atoms with E-state index in [1.54, 1.807) is 20.4 Å². The van der Waals surface area contributed by atoms with E-state index in [2.05, 4.69) is 10.5 Å². The predicted molar refractivity (Wildman–Crippen MR) is 85.4 cm³/mol. The molecular formula is C17H18N2O3. The molecule has 114 valence electrons. The minimum Gasteiger partial charge on any atom is -0.497 e. The first-order valence-corrected chi connectivity index (χ1v) is 6.81. The molecule has 2 rings (SSSR count). The zero-order valence-corrected chi connectivity index (χ0v) is 12.6. The van der Waals surface area contributed by atoms with Gasteiger partial charge in [-0.3, -0.25) is 4.79 Å². The number of nitrogens with zero attached hydrogens (tertiary/aromatic N) is 1. The molecule has 0 aromatic heterocycles. The van der Waals surface area contributed by atoms with E-state index in [1.165, 1.54) is 0 Å². The van der Waals surface area contributed by atoms with Crippen LogP contribution >= 0.6 is 0 Å². The van der Waals surface area contributed by atoms with Gasteiger partial charge >= 0.3 is 0 Å². The Morgan fingerprint density at radius 1 is 1.09 bits per heavy atom. The average Bonchev–Trinajstić information content (AvgIpc) is 2.56. The molecule has 0 saturated heterocycles. The Kier molecular flexibility index (Phi) is 5.54. The molecule has 0 heterocycles. The Morgan fingerprint density at radius 3 is 2.50 bits per heavy atom. The highest BCUT2D eigenvalue weighted by Crippen LogP contribution is 2.14. The van der Waals surface area contributed by atoms with Gasteiger partial charge in [-0.15, -0.1) is 0 Å². The van der Waals surface area contributed by atoms with E-state index in [0.29, 0.717) is 5.75 Å².